The SMILES string of the molecule is CC(O)(c1ccccc1Cl)c1ccccc1C1CCC1. The molecule has 0 amide bonds. The van der Waals surface area contributed by atoms with Gasteiger partial charge in [-0.2, -0.15) is 0 Å². The van der Waals surface area contributed by atoms with Crippen LogP contribution < -0.4 is 0 Å². The zero-order valence-electron chi connectivity index (χ0n) is 11.6. The van der Waals surface area contributed by atoms with Gasteiger partial charge in [-0.25, -0.2) is 0 Å². The highest BCUT2D eigenvalue weighted by Gasteiger charge is 2.33. The molecule has 1 aliphatic rings. The molecule has 0 heterocycles. The maximum Gasteiger partial charge on any atom is 0.113 e. The summed E-state index contributed by atoms with van der Waals surface area (Å²) in [6.45, 7) is 1.84. The van der Waals surface area contributed by atoms with Crippen molar-refractivity contribution in [3.8, 4) is 0 Å². The largest absolute Gasteiger partial charge is 0.381 e. The van der Waals surface area contributed by atoms with Crippen LogP contribution in [0, 0.1) is 0 Å². The van der Waals surface area contributed by atoms with E-state index in [-0.39, 0.29) is 0 Å². The molecule has 2 aromatic carbocycles. The summed E-state index contributed by atoms with van der Waals surface area (Å²) in [6, 6.07) is 15.8. The first kappa shape index (κ1) is 13.7. The number of aliphatic hydroxyl groups is 1. The van der Waals surface area contributed by atoms with E-state index in [4.69, 9.17) is 11.6 Å². The predicted octanol–water partition coefficient (Wildman–Crippen LogP) is 4.86. The summed E-state index contributed by atoms with van der Waals surface area (Å²) < 4.78 is 0. The topological polar surface area (TPSA) is 20.2 Å². The minimum atomic E-state index is -1.05. The van der Waals surface area contributed by atoms with Crippen molar-refractivity contribution in [1.29, 1.82) is 0 Å². The fourth-order valence-corrected chi connectivity index (χ4v) is 3.34. The van der Waals surface area contributed by atoms with Gasteiger partial charge in [-0.15, -0.1) is 0 Å². The third-order valence-corrected chi connectivity index (χ3v) is 4.76. The molecule has 1 fully saturated rings. The average Bonchev–Trinajstić information content (AvgIpc) is 2.37. The Morgan fingerprint density at radius 3 is 2.20 bits per heavy atom. The van der Waals surface area contributed by atoms with Crippen LogP contribution in [-0.4, -0.2) is 5.11 Å². The Hall–Kier alpha value is -1.31. The van der Waals surface area contributed by atoms with E-state index in [1.165, 1.54) is 24.8 Å². The van der Waals surface area contributed by atoms with E-state index in [0.717, 1.165) is 11.1 Å². The van der Waals surface area contributed by atoms with Crippen molar-refractivity contribution in [2.45, 2.75) is 37.7 Å². The van der Waals surface area contributed by atoms with Crippen molar-refractivity contribution in [3.63, 3.8) is 0 Å². The molecule has 1 saturated carbocycles. The Morgan fingerprint density at radius 2 is 1.60 bits per heavy atom. The molecule has 1 atom stereocenters. The van der Waals surface area contributed by atoms with Crippen LogP contribution in [0.25, 0.3) is 0 Å². The second-order valence-electron chi connectivity index (χ2n) is 5.77. The summed E-state index contributed by atoms with van der Waals surface area (Å²) in [7, 11) is 0. The van der Waals surface area contributed by atoms with Gasteiger partial charge in [0.25, 0.3) is 0 Å². The maximum atomic E-state index is 11.1. The molecule has 0 spiro atoms. The molecule has 0 radical (unpaired) electrons. The van der Waals surface area contributed by atoms with E-state index in [9.17, 15) is 5.11 Å². The zero-order chi connectivity index (χ0) is 14.2. The summed E-state index contributed by atoms with van der Waals surface area (Å²) in [5.41, 5.74) is 1.97. The molecule has 0 saturated heterocycles. The smallest absolute Gasteiger partial charge is 0.113 e. The molecule has 104 valence electrons. The maximum absolute atomic E-state index is 11.1. The number of rotatable bonds is 3. The monoisotopic (exact) mass is 286 g/mol. The second kappa shape index (κ2) is 5.23. The van der Waals surface area contributed by atoms with Crippen molar-refractivity contribution in [2.75, 3.05) is 0 Å². The van der Waals surface area contributed by atoms with Crippen LogP contribution in [0.4, 0.5) is 0 Å². The lowest BCUT2D eigenvalue weighted by Gasteiger charge is -2.33. The molecule has 0 bridgehead atoms. The number of hydrogen-bond donors (Lipinski definition) is 1. The van der Waals surface area contributed by atoms with Crippen LogP contribution >= 0.6 is 11.6 Å². The first-order valence-corrected chi connectivity index (χ1v) is 7.55. The predicted molar refractivity (Wildman–Crippen MR) is 83.2 cm³/mol. The highest BCUT2D eigenvalue weighted by Crippen LogP contribution is 2.43. The first-order chi connectivity index (χ1) is 9.60. The van der Waals surface area contributed by atoms with E-state index in [2.05, 4.69) is 12.1 Å². The van der Waals surface area contributed by atoms with E-state index < -0.39 is 5.60 Å². The minimum Gasteiger partial charge on any atom is -0.381 e. The van der Waals surface area contributed by atoms with Crippen LogP contribution in [0.2, 0.25) is 5.02 Å². The highest BCUT2D eigenvalue weighted by molar-refractivity contribution is 6.31. The van der Waals surface area contributed by atoms with Gasteiger partial charge in [0, 0.05) is 10.6 Å². The van der Waals surface area contributed by atoms with Crippen LogP contribution in [0.15, 0.2) is 48.5 Å². The molecule has 2 heteroatoms. The molecule has 1 unspecified atom stereocenters. The molecular weight excluding hydrogens is 268 g/mol. The van der Waals surface area contributed by atoms with E-state index in [1.807, 2.05) is 43.3 Å². The van der Waals surface area contributed by atoms with Crippen molar-refractivity contribution in [2.24, 2.45) is 0 Å². The zero-order valence-corrected chi connectivity index (χ0v) is 12.4. The minimum absolute atomic E-state index is 0.583. The molecule has 1 N–H and O–H groups in total. The second-order valence-corrected chi connectivity index (χ2v) is 6.17. The van der Waals surface area contributed by atoms with Gasteiger partial charge in [-0.1, -0.05) is 60.5 Å². The average molecular weight is 287 g/mol. The van der Waals surface area contributed by atoms with Crippen LogP contribution in [0.1, 0.15) is 48.8 Å². The lowest BCUT2D eigenvalue weighted by molar-refractivity contribution is 0.100. The lowest BCUT2D eigenvalue weighted by atomic mass is 9.74. The molecule has 3 rings (SSSR count). The molecule has 1 nitrogen and oxygen atoms in total. The van der Waals surface area contributed by atoms with Crippen molar-refractivity contribution in [3.05, 3.63) is 70.2 Å². The van der Waals surface area contributed by atoms with Crippen molar-refractivity contribution in [1.82, 2.24) is 0 Å². The normalized spacial score (nSPS) is 18.4. The van der Waals surface area contributed by atoms with Crippen LogP contribution in [0.3, 0.4) is 0 Å². The summed E-state index contributed by atoms with van der Waals surface area (Å²) in [6.07, 6.45) is 3.72. The molecule has 1 aliphatic carbocycles. The number of halogens is 1. The highest BCUT2D eigenvalue weighted by atomic mass is 35.5. The Balaban J connectivity index is 2.09. The van der Waals surface area contributed by atoms with Gasteiger partial charge in [0.2, 0.25) is 0 Å². The lowest BCUT2D eigenvalue weighted by Crippen LogP contribution is -2.26. The summed E-state index contributed by atoms with van der Waals surface area (Å²) >= 11 is 6.28. The van der Waals surface area contributed by atoms with Crippen molar-refractivity contribution < 1.29 is 5.11 Å². The van der Waals surface area contributed by atoms with Crippen LogP contribution in [-0.2, 0) is 5.60 Å². The van der Waals surface area contributed by atoms with E-state index in [1.54, 1.807) is 0 Å². The summed E-state index contributed by atoms with van der Waals surface area (Å²) in [5.74, 6) is 0.583. The van der Waals surface area contributed by atoms with Gasteiger partial charge in [0.15, 0.2) is 0 Å². The fraction of sp³-hybridized carbons (Fsp3) is 0.333. The third-order valence-electron chi connectivity index (χ3n) is 4.43. The Morgan fingerprint density at radius 1 is 1.00 bits per heavy atom. The van der Waals surface area contributed by atoms with Crippen molar-refractivity contribution >= 4 is 11.6 Å². The molecule has 0 aliphatic heterocycles. The Kier molecular flexibility index (Phi) is 3.57. The standard InChI is InChI=1S/C18H19ClO/c1-18(20,16-11-4-5-12-17(16)19)15-10-3-2-9-14(15)13-7-6-8-13/h2-5,9-13,20H,6-8H2,1H3. The number of benzene rings is 2. The Labute approximate surface area is 125 Å². The molecular formula is C18H19ClO. The van der Waals surface area contributed by atoms with Gasteiger partial charge in [0.05, 0.1) is 0 Å². The van der Waals surface area contributed by atoms with Gasteiger partial charge in [-0.05, 0) is 42.9 Å². The molecule has 20 heavy (non-hydrogen) atoms. The van der Waals surface area contributed by atoms with E-state index in [0.29, 0.717) is 10.9 Å². The molecule has 2 aromatic rings. The summed E-state index contributed by atoms with van der Waals surface area (Å²) in [4.78, 5) is 0. The van der Waals surface area contributed by atoms with E-state index >= 15 is 0 Å². The third kappa shape index (κ3) is 2.25. The van der Waals surface area contributed by atoms with Gasteiger partial charge < -0.3 is 5.11 Å². The number of hydrogen-bond acceptors (Lipinski definition) is 1. The van der Waals surface area contributed by atoms with Crippen LogP contribution in [0.5, 0.6) is 0 Å². The fourth-order valence-electron chi connectivity index (χ4n) is 3.02. The Bertz CT molecular complexity index is 614. The first-order valence-electron chi connectivity index (χ1n) is 7.17. The summed E-state index contributed by atoms with van der Waals surface area (Å²) in [5, 5.41) is 11.7. The van der Waals surface area contributed by atoms with Gasteiger partial charge in [0.1, 0.15) is 5.60 Å². The quantitative estimate of drug-likeness (QED) is 0.854. The van der Waals surface area contributed by atoms with Gasteiger partial charge in [-0.3, -0.25) is 0 Å². The molecule has 0 aromatic heterocycles. The van der Waals surface area contributed by atoms with Gasteiger partial charge >= 0.3 is 0 Å².